The molecule has 2 aromatic carbocycles. The van der Waals surface area contributed by atoms with Crippen LogP contribution in [0.1, 0.15) is 10.4 Å². The number of aromatic nitrogens is 1. The first kappa shape index (κ1) is 18.9. The molecule has 1 N–H and O–H groups in total. The summed E-state index contributed by atoms with van der Waals surface area (Å²) >= 11 is 0. The van der Waals surface area contributed by atoms with E-state index in [2.05, 4.69) is 15.2 Å². The van der Waals surface area contributed by atoms with E-state index in [4.69, 9.17) is 0 Å². The van der Waals surface area contributed by atoms with Crippen molar-refractivity contribution in [2.24, 2.45) is 0 Å². The van der Waals surface area contributed by atoms with E-state index >= 15 is 0 Å². The molecular formula is C22H20F2N4O. The van der Waals surface area contributed by atoms with E-state index in [0.717, 1.165) is 0 Å². The molecule has 0 unspecified atom stereocenters. The first-order valence-electron chi connectivity index (χ1n) is 9.37. The average molecular weight is 394 g/mol. The largest absolute Gasteiger partial charge is 0.366 e. The highest BCUT2D eigenvalue weighted by atomic mass is 19.1. The number of hydrogen-bond donors (Lipinski definition) is 1. The lowest BCUT2D eigenvalue weighted by atomic mass is 10.2. The number of halogens is 2. The summed E-state index contributed by atoms with van der Waals surface area (Å²) in [6.45, 7) is 2.64. The van der Waals surface area contributed by atoms with Crippen molar-refractivity contribution in [1.29, 1.82) is 0 Å². The quantitative estimate of drug-likeness (QED) is 0.728. The number of carbonyl (C=O) groups excluding carboxylic acids is 1. The zero-order chi connectivity index (χ0) is 20.2. The van der Waals surface area contributed by atoms with Gasteiger partial charge in [-0.25, -0.2) is 13.8 Å². The van der Waals surface area contributed by atoms with Crippen molar-refractivity contribution in [3.05, 3.63) is 84.1 Å². The molecule has 5 nitrogen and oxygen atoms in total. The van der Waals surface area contributed by atoms with Crippen molar-refractivity contribution in [1.82, 2.24) is 4.98 Å². The van der Waals surface area contributed by atoms with Crippen LogP contribution in [0.3, 0.4) is 0 Å². The van der Waals surface area contributed by atoms with Crippen LogP contribution in [0.15, 0.2) is 66.9 Å². The van der Waals surface area contributed by atoms with Crippen LogP contribution in [0.2, 0.25) is 0 Å². The van der Waals surface area contributed by atoms with Crippen LogP contribution in [-0.2, 0) is 0 Å². The number of benzene rings is 2. The van der Waals surface area contributed by atoms with Gasteiger partial charge >= 0.3 is 0 Å². The van der Waals surface area contributed by atoms with E-state index in [9.17, 15) is 13.6 Å². The minimum atomic E-state index is -0.411. The van der Waals surface area contributed by atoms with Gasteiger partial charge in [-0.15, -0.1) is 0 Å². The maximum atomic E-state index is 14.0. The summed E-state index contributed by atoms with van der Waals surface area (Å²) in [6, 6.07) is 15.8. The predicted octanol–water partition coefficient (Wildman–Crippen LogP) is 3.94. The van der Waals surface area contributed by atoms with Crippen LogP contribution in [0.4, 0.5) is 26.0 Å². The molecule has 0 spiro atoms. The molecule has 1 amide bonds. The van der Waals surface area contributed by atoms with Gasteiger partial charge < -0.3 is 15.1 Å². The summed E-state index contributed by atoms with van der Waals surface area (Å²) in [7, 11) is 0. The summed E-state index contributed by atoms with van der Waals surface area (Å²) in [6.07, 6.45) is 1.58. The van der Waals surface area contributed by atoms with Crippen LogP contribution in [0.25, 0.3) is 0 Å². The van der Waals surface area contributed by atoms with Crippen LogP contribution in [-0.4, -0.2) is 37.1 Å². The maximum Gasteiger partial charge on any atom is 0.255 e. The number of pyridine rings is 1. The summed E-state index contributed by atoms with van der Waals surface area (Å²) in [5.74, 6) is -0.282. The molecule has 29 heavy (non-hydrogen) atoms. The number of hydrogen-bond acceptors (Lipinski definition) is 4. The molecule has 0 bridgehead atoms. The van der Waals surface area contributed by atoms with Gasteiger partial charge in [-0.1, -0.05) is 18.2 Å². The van der Waals surface area contributed by atoms with Crippen molar-refractivity contribution in [2.45, 2.75) is 0 Å². The highest BCUT2D eigenvalue weighted by molar-refractivity contribution is 6.04. The van der Waals surface area contributed by atoms with Crippen LogP contribution in [0.5, 0.6) is 0 Å². The summed E-state index contributed by atoms with van der Waals surface area (Å²) in [5.41, 5.74) is 1.44. The highest BCUT2D eigenvalue weighted by Gasteiger charge is 2.21. The van der Waals surface area contributed by atoms with Crippen molar-refractivity contribution < 1.29 is 13.6 Å². The molecule has 1 saturated heterocycles. The molecule has 148 valence electrons. The van der Waals surface area contributed by atoms with Gasteiger partial charge in [-0.05, 0) is 42.5 Å². The Kier molecular flexibility index (Phi) is 5.37. The number of para-hydroxylation sites is 1. The molecule has 7 heteroatoms. The number of carbonyl (C=O) groups is 1. The van der Waals surface area contributed by atoms with Crippen molar-refractivity contribution in [2.75, 3.05) is 41.3 Å². The van der Waals surface area contributed by atoms with Crippen LogP contribution in [0, 0.1) is 11.6 Å². The van der Waals surface area contributed by atoms with Crippen molar-refractivity contribution >= 4 is 23.1 Å². The molecule has 4 rings (SSSR count). The maximum absolute atomic E-state index is 14.0. The average Bonchev–Trinajstić information content (AvgIpc) is 2.74. The molecule has 0 aliphatic carbocycles. The fraction of sp³-hybridized carbons (Fsp3) is 0.182. The fourth-order valence-electron chi connectivity index (χ4n) is 3.39. The Labute approximate surface area is 167 Å². The molecule has 0 atom stereocenters. The van der Waals surface area contributed by atoms with E-state index < -0.39 is 5.82 Å². The third-order valence-corrected chi connectivity index (χ3v) is 4.89. The summed E-state index contributed by atoms with van der Waals surface area (Å²) in [5, 5.41) is 2.69. The van der Waals surface area contributed by atoms with E-state index in [0.29, 0.717) is 48.9 Å². The van der Waals surface area contributed by atoms with Gasteiger partial charge in [-0.3, -0.25) is 4.79 Å². The fourth-order valence-corrected chi connectivity index (χ4v) is 3.39. The SMILES string of the molecule is O=C(Nc1cccc(F)c1)c1ccnc(N2CCN(c3ccccc3F)CC2)c1. The zero-order valence-electron chi connectivity index (χ0n) is 15.7. The number of piperazine rings is 1. The van der Waals surface area contributed by atoms with Crippen LogP contribution >= 0.6 is 0 Å². The molecule has 1 fully saturated rings. The second-order valence-electron chi connectivity index (χ2n) is 6.79. The third kappa shape index (κ3) is 4.34. The zero-order valence-corrected chi connectivity index (χ0v) is 15.7. The molecule has 0 saturated carbocycles. The Bertz CT molecular complexity index is 1020. The van der Waals surface area contributed by atoms with Gasteiger partial charge in [0.15, 0.2) is 0 Å². The summed E-state index contributed by atoms with van der Waals surface area (Å²) in [4.78, 5) is 21.0. The molecule has 0 radical (unpaired) electrons. The topological polar surface area (TPSA) is 48.5 Å². The smallest absolute Gasteiger partial charge is 0.255 e. The highest BCUT2D eigenvalue weighted by Crippen LogP contribution is 2.22. The molecular weight excluding hydrogens is 374 g/mol. The van der Waals surface area contributed by atoms with E-state index in [1.807, 2.05) is 11.0 Å². The Morgan fingerprint density at radius 1 is 0.897 bits per heavy atom. The van der Waals surface area contributed by atoms with Gasteiger partial charge in [-0.2, -0.15) is 0 Å². The van der Waals surface area contributed by atoms with Gasteiger partial charge in [0, 0.05) is 43.6 Å². The molecule has 2 heterocycles. The first-order valence-corrected chi connectivity index (χ1v) is 9.37. The van der Waals surface area contributed by atoms with Gasteiger partial charge in [0.2, 0.25) is 0 Å². The molecule has 3 aromatic rings. The lowest BCUT2D eigenvalue weighted by molar-refractivity contribution is 0.102. The second-order valence-corrected chi connectivity index (χ2v) is 6.79. The van der Waals surface area contributed by atoms with Crippen molar-refractivity contribution in [3.63, 3.8) is 0 Å². The number of nitrogens with one attached hydrogen (secondary N) is 1. The van der Waals surface area contributed by atoms with E-state index in [1.54, 1.807) is 36.5 Å². The van der Waals surface area contributed by atoms with Crippen molar-refractivity contribution in [3.8, 4) is 0 Å². The van der Waals surface area contributed by atoms with Gasteiger partial charge in [0.25, 0.3) is 5.91 Å². The van der Waals surface area contributed by atoms with Gasteiger partial charge in [0.05, 0.1) is 5.69 Å². The first-order chi connectivity index (χ1) is 14.1. The minimum Gasteiger partial charge on any atom is -0.366 e. The van der Waals surface area contributed by atoms with Gasteiger partial charge in [0.1, 0.15) is 17.5 Å². The monoisotopic (exact) mass is 394 g/mol. The lowest BCUT2D eigenvalue weighted by Crippen LogP contribution is -2.47. The Hall–Kier alpha value is -3.48. The standard InChI is InChI=1S/C22H20F2N4O/c23-17-4-3-5-18(15-17)26-22(29)16-8-9-25-21(14-16)28-12-10-27(11-13-28)20-7-2-1-6-19(20)24/h1-9,14-15H,10-13H2,(H,26,29). The van der Waals surface area contributed by atoms with E-state index in [-0.39, 0.29) is 11.7 Å². The summed E-state index contributed by atoms with van der Waals surface area (Å²) < 4.78 is 27.3. The number of nitrogens with zero attached hydrogens (tertiary/aromatic N) is 3. The van der Waals surface area contributed by atoms with Crippen LogP contribution < -0.4 is 15.1 Å². The number of anilines is 3. The minimum absolute atomic E-state index is 0.227. The lowest BCUT2D eigenvalue weighted by Gasteiger charge is -2.36. The number of amides is 1. The number of rotatable bonds is 4. The molecule has 1 aliphatic heterocycles. The normalized spacial score (nSPS) is 14.0. The molecule has 1 aliphatic rings. The Morgan fingerprint density at radius 3 is 2.41 bits per heavy atom. The predicted molar refractivity (Wildman–Crippen MR) is 109 cm³/mol. The second kappa shape index (κ2) is 8.26. The Morgan fingerprint density at radius 2 is 1.66 bits per heavy atom. The third-order valence-electron chi connectivity index (χ3n) is 4.89. The molecule has 1 aromatic heterocycles. The van der Waals surface area contributed by atoms with E-state index in [1.165, 1.54) is 24.3 Å². The Balaban J connectivity index is 1.43.